The third-order valence-corrected chi connectivity index (χ3v) is 4.85. The van der Waals surface area contributed by atoms with Crippen LogP contribution in [0.25, 0.3) is 0 Å². The second-order valence-corrected chi connectivity index (χ2v) is 6.98. The molecule has 0 aliphatic rings. The van der Waals surface area contributed by atoms with Crippen molar-refractivity contribution in [1.82, 2.24) is 10.3 Å². The predicted octanol–water partition coefficient (Wildman–Crippen LogP) is 4.34. The normalized spacial score (nSPS) is 10.4. The van der Waals surface area contributed by atoms with Gasteiger partial charge in [-0.1, -0.05) is 35.9 Å². The maximum atomic E-state index is 12.7. The van der Waals surface area contributed by atoms with Gasteiger partial charge in [-0.2, -0.15) is 0 Å². The van der Waals surface area contributed by atoms with Gasteiger partial charge in [-0.15, -0.1) is 0 Å². The van der Waals surface area contributed by atoms with Gasteiger partial charge in [0.05, 0.1) is 24.9 Å². The smallest absolute Gasteiger partial charge is 0.339 e. The zero-order valence-electron chi connectivity index (χ0n) is 16.6. The summed E-state index contributed by atoms with van der Waals surface area (Å²) < 4.78 is 10.5. The van der Waals surface area contributed by atoms with Gasteiger partial charge in [-0.3, -0.25) is 9.78 Å². The Bertz CT molecular complexity index is 1050. The summed E-state index contributed by atoms with van der Waals surface area (Å²) in [7, 11) is 1.31. The van der Waals surface area contributed by atoms with Crippen LogP contribution in [-0.4, -0.2) is 24.0 Å². The van der Waals surface area contributed by atoms with E-state index in [1.807, 2.05) is 37.3 Å². The SMILES string of the molecule is COC(=O)c1ccc(CNC(=O)c2cc(OCc3ccccc3Cl)ccc2C)nc1. The monoisotopic (exact) mass is 424 g/mol. The van der Waals surface area contributed by atoms with Crippen molar-refractivity contribution in [3.8, 4) is 5.75 Å². The summed E-state index contributed by atoms with van der Waals surface area (Å²) in [6, 6.07) is 16.1. The number of nitrogens with one attached hydrogen (secondary N) is 1. The topological polar surface area (TPSA) is 77.5 Å². The lowest BCUT2D eigenvalue weighted by atomic mass is 10.1. The molecule has 1 aromatic heterocycles. The first-order valence-corrected chi connectivity index (χ1v) is 9.64. The van der Waals surface area contributed by atoms with Crippen molar-refractivity contribution in [3.63, 3.8) is 0 Å². The van der Waals surface area contributed by atoms with Crippen LogP contribution in [0.4, 0.5) is 0 Å². The Morgan fingerprint density at radius 1 is 1.10 bits per heavy atom. The largest absolute Gasteiger partial charge is 0.489 e. The summed E-state index contributed by atoms with van der Waals surface area (Å²) >= 11 is 6.16. The average molecular weight is 425 g/mol. The Kier molecular flexibility index (Phi) is 7.03. The van der Waals surface area contributed by atoms with E-state index in [0.29, 0.717) is 34.2 Å². The molecule has 1 amide bonds. The highest BCUT2D eigenvalue weighted by Gasteiger charge is 2.12. The quantitative estimate of drug-likeness (QED) is 0.571. The number of carbonyl (C=O) groups is 2. The van der Waals surface area contributed by atoms with Gasteiger partial charge in [0, 0.05) is 22.3 Å². The molecule has 1 heterocycles. The number of amides is 1. The number of carbonyl (C=O) groups excluding carboxylic acids is 2. The van der Waals surface area contributed by atoms with Crippen molar-refractivity contribution in [2.45, 2.75) is 20.1 Å². The van der Waals surface area contributed by atoms with Crippen molar-refractivity contribution >= 4 is 23.5 Å². The van der Waals surface area contributed by atoms with Gasteiger partial charge in [0.2, 0.25) is 0 Å². The fourth-order valence-corrected chi connectivity index (χ4v) is 2.94. The van der Waals surface area contributed by atoms with E-state index in [0.717, 1.165) is 11.1 Å². The van der Waals surface area contributed by atoms with E-state index in [-0.39, 0.29) is 12.5 Å². The summed E-state index contributed by atoms with van der Waals surface area (Å²) in [5, 5.41) is 3.47. The molecule has 0 saturated heterocycles. The van der Waals surface area contributed by atoms with Gasteiger partial charge in [0.1, 0.15) is 12.4 Å². The molecule has 0 saturated carbocycles. The summed E-state index contributed by atoms with van der Waals surface area (Å²) in [6.07, 6.45) is 1.42. The molecular weight excluding hydrogens is 404 g/mol. The van der Waals surface area contributed by atoms with E-state index in [1.165, 1.54) is 13.3 Å². The number of nitrogens with zero attached hydrogens (tertiary/aromatic N) is 1. The Morgan fingerprint density at radius 2 is 1.90 bits per heavy atom. The maximum Gasteiger partial charge on any atom is 0.339 e. The number of pyridine rings is 1. The molecule has 1 N–H and O–H groups in total. The molecule has 3 rings (SSSR count). The van der Waals surface area contributed by atoms with Crippen molar-refractivity contribution in [3.05, 3.63) is 93.8 Å². The van der Waals surface area contributed by atoms with Crippen LogP contribution in [0.3, 0.4) is 0 Å². The van der Waals surface area contributed by atoms with Gasteiger partial charge in [0.25, 0.3) is 5.91 Å². The predicted molar refractivity (Wildman–Crippen MR) is 114 cm³/mol. The number of aromatic nitrogens is 1. The molecule has 0 atom stereocenters. The molecule has 154 valence electrons. The van der Waals surface area contributed by atoms with Gasteiger partial charge < -0.3 is 14.8 Å². The lowest BCUT2D eigenvalue weighted by molar-refractivity contribution is 0.0600. The number of hydrogen-bond acceptors (Lipinski definition) is 5. The summed E-state index contributed by atoms with van der Waals surface area (Å²) in [4.78, 5) is 28.3. The zero-order valence-corrected chi connectivity index (χ0v) is 17.4. The van der Waals surface area contributed by atoms with Crippen LogP contribution in [0.5, 0.6) is 5.75 Å². The molecular formula is C23H21ClN2O4. The molecule has 0 radical (unpaired) electrons. The van der Waals surface area contributed by atoms with Gasteiger partial charge in [0.15, 0.2) is 0 Å². The van der Waals surface area contributed by atoms with E-state index in [9.17, 15) is 9.59 Å². The first-order chi connectivity index (χ1) is 14.5. The van der Waals surface area contributed by atoms with Crippen molar-refractivity contribution in [2.24, 2.45) is 0 Å². The lowest BCUT2D eigenvalue weighted by Gasteiger charge is -2.12. The Morgan fingerprint density at radius 3 is 2.60 bits per heavy atom. The molecule has 0 aliphatic heterocycles. The highest BCUT2D eigenvalue weighted by Crippen LogP contribution is 2.21. The first kappa shape index (κ1) is 21.3. The second kappa shape index (κ2) is 9.89. The minimum Gasteiger partial charge on any atom is -0.489 e. The molecule has 0 aliphatic carbocycles. The number of methoxy groups -OCH3 is 1. The Labute approximate surface area is 179 Å². The van der Waals surface area contributed by atoms with Crippen molar-refractivity contribution in [2.75, 3.05) is 7.11 Å². The van der Waals surface area contributed by atoms with Gasteiger partial charge >= 0.3 is 5.97 Å². The molecule has 0 spiro atoms. The number of ether oxygens (including phenoxy) is 2. The standard InChI is InChI=1S/C23H21ClN2O4/c1-15-7-10-19(30-14-17-5-3-4-6-21(17)24)11-20(15)22(27)26-13-18-9-8-16(12-25-18)23(28)29-2/h3-12H,13-14H2,1-2H3,(H,26,27). The zero-order chi connectivity index (χ0) is 21.5. The highest BCUT2D eigenvalue weighted by atomic mass is 35.5. The fraction of sp³-hybridized carbons (Fsp3) is 0.174. The van der Waals surface area contributed by atoms with Crippen LogP contribution < -0.4 is 10.1 Å². The number of aryl methyl sites for hydroxylation is 1. The average Bonchev–Trinajstić information content (AvgIpc) is 2.77. The van der Waals surface area contributed by atoms with Crippen molar-refractivity contribution in [1.29, 1.82) is 0 Å². The van der Waals surface area contributed by atoms with E-state index >= 15 is 0 Å². The Balaban J connectivity index is 1.63. The molecule has 2 aromatic carbocycles. The van der Waals surface area contributed by atoms with Crippen LogP contribution >= 0.6 is 11.6 Å². The summed E-state index contributed by atoms with van der Waals surface area (Å²) in [6.45, 7) is 2.39. The molecule has 0 bridgehead atoms. The third kappa shape index (κ3) is 5.36. The minimum absolute atomic E-state index is 0.227. The minimum atomic E-state index is -0.456. The second-order valence-electron chi connectivity index (χ2n) is 6.57. The molecule has 3 aromatic rings. The summed E-state index contributed by atoms with van der Waals surface area (Å²) in [5.74, 6) is -0.122. The molecule has 6 nitrogen and oxygen atoms in total. The van der Waals surface area contributed by atoms with Gasteiger partial charge in [-0.25, -0.2) is 4.79 Å². The molecule has 0 unspecified atom stereocenters. The fourth-order valence-electron chi connectivity index (χ4n) is 2.75. The number of hydrogen-bond donors (Lipinski definition) is 1. The summed E-state index contributed by atoms with van der Waals surface area (Å²) in [5.41, 5.74) is 3.18. The molecule has 30 heavy (non-hydrogen) atoms. The van der Waals surface area contributed by atoms with Crippen LogP contribution in [0, 0.1) is 6.92 Å². The van der Waals surface area contributed by atoms with Crippen molar-refractivity contribution < 1.29 is 19.1 Å². The van der Waals surface area contributed by atoms with Crippen LogP contribution in [0.1, 0.15) is 37.5 Å². The van der Waals surface area contributed by atoms with Crippen LogP contribution in [0.2, 0.25) is 5.02 Å². The van der Waals surface area contributed by atoms with Crippen LogP contribution in [0.15, 0.2) is 60.8 Å². The molecule has 0 fully saturated rings. The van der Waals surface area contributed by atoms with E-state index in [1.54, 1.807) is 24.3 Å². The lowest BCUT2D eigenvalue weighted by Crippen LogP contribution is -2.24. The Hall–Kier alpha value is -3.38. The van der Waals surface area contributed by atoms with Crippen LogP contribution in [-0.2, 0) is 17.9 Å². The third-order valence-electron chi connectivity index (χ3n) is 4.48. The van der Waals surface area contributed by atoms with E-state index in [2.05, 4.69) is 15.0 Å². The first-order valence-electron chi connectivity index (χ1n) is 9.26. The van der Waals surface area contributed by atoms with E-state index in [4.69, 9.17) is 16.3 Å². The highest BCUT2D eigenvalue weighted by molar-refractivity contribution is 6.31. The molecule has 7 heteroatoms. The number of benzene rings is 2. The number of rotatable bonds is 7. The van der Waals surface area contributed by atoms with E-state index < -0.39 is 5.97 Å². The number of halogens is 1. The number of esters is 1. The maximum absolute atomic E-state index is 12.7. The van der Waals surface area contributed by atoms with Gasteiger partial charge in [-0.05, 0) is 42.8 Å².